The van der Waals surface area contributed by atoms with E-state index in [1.54, 1.807) is 44.2 Å². The Labute approximate surface area is 169 Å². The number of nitrogens with zero attached hydrogens (tertiary/aromatic N) is 1. The molecule has 3 aromatic rings. The fourth-order valence-corrected chi connectivity index (χ4v) is 2.81. The molecular formula is C20H20BCl2NO3. The number of rotatable bonds is 3. The average Bonchev–Trinajstić information content (AvgIpc) is 2.61. The first-order valence-electron chi connectivity index (χ1n) is 8.24. The lowest BCUT2D eigenvalue weighted by Gasteiger charge is -2.16. The minimum absolute atomic E-state index is 0.0278. The quantitative estimate of drug-likeness (QED) is 0.587. The van der Waals surface area contributed by atoms with E-state index in [1.165, 1.54) is 12.3 Å². The summed E-state index contributed by atoms with van der Waals surface area (Å²) in [6, 6.07) is 17.4. The molecule has 4 nitrogen and oxygen atoms in total. The van der Waals surface area contributed by atoms with E-state index in [-0.39, 0.29) is 5.75 Å². The summed E-state index contributed by atoms with van der Waals surface area (Å²) in [5.41, 5.74) is 0.746. The molecule has 0 spiro atoms. The molecule has 1 aromatic heterocycles. The molecule has 2 aromatic carbocycles. The van der Waals surface area contributed by atoms with Crippen molar-refractivity contribution in [3.63, 3.8) is 0 Å². The van der Waals surface area contributed by atoms with Gasteiger partial charge in [0.2, 0.25) is 0 Å². The molecule has 0 aliphatic heterocycles. The molecule has 1 heterocycles. The number of aliphatic hydroxyl groups is 1. The second-order valence-electron chi connectivity index (χ2n) is 6.44. The monoisotopic (exact) mass is 403 g/mol. The van der Waals surface area contributed by atoms with Crippen molar-refractivity contribution in [2.45, 2.75) is 19.4 Å². The average molecular weight is 404 g/mol. The van der Waals surface area contributed by atoms with Crippen LogP contribution in [0.3, 0.4) is 0 Å². The number of hydrogen-bond donors (Lipinski definition) is 3. The summed E-state index contributed by atoms with van der Waals surface area (Å²) in [7, 11) is 0. The third kappa shape index (κ3) is 6.26. The van der Waals surface area contributed by atoms with Crippen LogP contribution in [0.5, 0.6) is 5.75 Å². The highest BCUT2D eigenvalue weighted by atomic mass is 35.5. The lowest BCUT2D eigenvalue weighted by atomic mass is 9.56. The van der Waals surface area contributed by atoms with E-state index in [4.69, 9.17) is 23.2 Å². The highest BCUT2D eigenvalue weighted by Crippen LogP contribution is 2.25. The number of benzene rings is 2. The zero-order valence-electron chi connectivity index (χ0n) is 15.0. The first-order valence-corrected chi connectivity index (χ1v) is 9.00. The lowest BCUT2D eigenvalue weighted by Crippen LogP contribution is -2.42. The minimum Gasteiger partial charge on any atom is -0.506 e. The summed E-state index contributed by atoms with van der Waals surface area (Å²) in [5, 5.41) is 30.0. The van der Waals surface area contributed by atoms with E-state index in [9.17, 15) is 15.2 Å². The lowest BCUT2D eigenvalue weighted by molar-refractivity contribution is 0.0709. The molecule has 7 heteroatoms. The minimum atomic E-state index is -1.08. The zero-order valence-corrected chi connectivity index (χ0v) is 16.5. The van der Waals surface area contributed by atoms with Gasteiger partial charge in [0, 0.05) is 16.2 Å². The van der Waals surface area contributed by atoms with Crippen LogP contribution in [-0.4, -0.2) is 27.1 Å². The molecule has 0 fully saturated rings. The fourth-order valence-electron chi connectivity index (χ4n) is 2.41. The van der Waals surface area contributed by atoms with E-state index in [2.05, 4.69) is 4.98 Å². The van der Waals surface area contributed by atoms with Gasteiger partial charge in [0.1, 0.15) is 17.0 Å². The molecule has 0 saturated carbocycles. The van der Waals surface area contributed by atoms with Crippen molar-refractivity contribution in [3.05, 3.63) is 82.6 Å². The van der Waals surface area contributed by atoms with Crippen LogP contribution in [0, 0.1) is 0 Å². The molecule has 0 aliphatic rings. The summed E-state index contributed by atoms with van der Waals surface area (Å²) in [4.78, 5) is 3.85. The number of pyridine rings is 1. The summed E-state index contributed by atoms with van der Waals surface area (Å²) in [6.45, 7) is 2.46. The maximum atomic E-state index is 10.1. The Bertz CT molecular complexity index is 855. The predicted molar refractivity (Wildman–Crippen MR) is 111 cm³/mol. The van der Waals surface area contributed by atoms with E-state index in [0.717, 1.165) is 10.9 Å². The van der Waals surface area contributed by atoms with Crippen LogP contribution in [-0.2, 0) is 5.60 Å². The third-order valence-corrected chi connectivity index (χ3v) is 4.16. The summed E-state index contributed by atoms with van der Waals surface area (Å²) >= 11 is 11.7. The maximum Gasteiger partial charge on any atom is 0.359 e. The van der Waals surface area contributed by atoms with Gasteiger partial charge in [-0.15, -0.1) is 0 Å². The molecule has 3 N–H and O–H groups in total. The highest BCUT2D eigenvalue weighted by Gasteiger charge is 2.21. The van der Waals surface area contributed by atoms with Gasteiger partial charge >= 0.3 is 6.92 Å². The van der Waals surface area contributed by atoms with E-state index in [1.807, 2.05) is 24.3 Å². The van der Waals surface area contributed by atoms with Crippen LogP contribution < -0.4 is 10.9 Å². The summed E-state index contributed by atoms with van der Waals surface area (Å²) in [5.74, 6) is 0.0278. The van der Waals surface area contributed by atoms with E-state index < -0.39 is 12.5 Å². The van der Waals surface area contributed by atoms with E-state index in [0.29, 0.717) is 15.7 Å². The molecule has 0 aliphatic carbocycles. The molecule has 0 radical (unpaired) electrons. The third-order valence-electron chi connectivity index (χ3n) is 3.69. The maximum absolute atomic E-state index is 10.1. The molecular weight excluding hydrogens is 384 g/mol. The smallest absolute Gasteiger partial charge is 0.359 e. The van der Waals surface area contributed by atoms with Crippen molar-refractivity contribution in [1.82, 2.24) is 4.98 Å². The van der Waals surface area contributed by atoms with Gasteiger partial charge in [-0.2, -0.15) is 0 Å². The molecule has 0 unspecified atom stereocenters. The fraction of sp³-hybridized carbons (Fsp3) is 0.150. The topological polar surface area (TPSA) is 73.6 Å². The Morgan fingerprint density at radius 2 is 1.41 bits per heavy atom. The molecule has 0 bridgehead atoms. The van der Waals surface area contributed by atoms with Gasteiger partial charge in [-0.3, -0.25) is 4.98 Å². The number of halogens is 2. The molecule has 0 amide bonds. The van der Waals surface area contributed by atoms with Gasteiger partial charge in [0.15, 0.2) is 0 Å². The van der Waals surface area contributed by atoms with Gasteiger partial charge in [-0.1, -0.05) is 47.5 Å². The van der Waals surface area contributed by atoms with Gasteiger partial charge in [0.25, 0.3) is 0 Å². The second-order valence-corrected chi connectivity index (χ2v) is 7.32. The van der Waals surface area contributed by atoms with Crippen LogP contribution >= 0.6 is 23.2 Å². The van der Waals surface area contributed by atoms with Crippen molar-refractivity contribution >= 4 is 41.0 Å². The van der Waals surface area contributed by atoms with Crippen LogP contribution in [0.4, 0.5) is 0 Å². The van der Waals surface area contributed by atoms with Crippen LogP contribution in [0.15, 0.2) is 66.9 Å². The Morgan fingerprint density at radius 1 is 0.889 bits per heavy atom. The van der Waals surface area contributed by atoms with Gasteiger partial charge in [0.05, 0.1) is 0 Å². The van der Waals surface area contributed by atoms with Gasteiger partial charge in [-0.25, -0.2) is 0 Å². The van der Waals surface area contributed by atoms with Crippen molar-refractivity contribution < 1.29 is 15.2 Å². The van der Waals surface area contributed by atoms with Crippen molar-refractivity contribution in [2.75, 3.05) is 0 Å². The Hall–Kier alpha value is -2.05. The Balaban J connectivity index is 0.000000208. The molecule has 0 atom stereocenters. The number of aromatic nitrogens is 1. The zero-order chi connectivity index (χ0) is 20.0. The van der Waals surface area contributed by atoms with Gasteiger partial charge in [-0.05, 0) is 61.2 Å². The van der Waals surface area contributed by atoms with Crippen LogP contribution in [0.2, 0.25) is 10.0 Å². The standard InChI is InChI=1S/C12H9BCl2O.C8H11NO2/c14-11-5-1-3-9(7-11)13(16)10-4-2-6-12(15)8-10;1-8(2,11)7-6(10)4-3-5-9-7/h1-8,16H;3-5,10-11H,1-2H3. The van der Waals surface area contributed by atoms with Crippen molar-refractivity contribution in [2.24, 2.45) is 0 Å². The first kappa shape index (κ1) is 21.3. The highest BCUT2D eigenvalue weighted by molar-refractivity contribution is 6.79. The largest absolute Gasteiger partial charge is 0.506 e. The molecule has 0 saturated heterocycles. The number of aromatic hydroxyl groups is 1. The van der Waals surface area contributed by atoms with Gasteiger partial charge < -0.3 is 15.2 Å². The summed E-state index contributed by atoms with van der Waals surface area (Å²) < 4.78 is 0. The van der Waals surface area contributed by atoms with Crippen molar-refractivity contribution in [3.8, 4) is 5.75 Å². The Morgan fingerprint density at radius 3 is 1.78 bits per heavy atom. The molecule has 140 valence electrons. The summed E-state index contributed by atoms with van der Waals surface area (Å²) in [6.07, 6.45) is 1.53. The second kappa shape index (κ2) is 9.24. The van der Waals surface area contributed by atoms with Crippen LogP contribution in [0.25, 0.3) is 0 Å². The SMILES string of the molecule is CC(C)(O)c1ncccc1O.OB(c1cccc(Cl)c1)c1cccc(Cl)c1. The van der Waals surface area contributed by atoms with Crippen LogP contribution in [0.1, 0.15) is 19.5 Å². The van der Waals surface area contributed by atoms with Crippen molar-refractivity contribution in [1.29, 1.82) is 0 Å². The Kier molecular flexibility index (Phi) is 7.28. The number of hydrogen-bond acceptors (Lipinski definition) is 4. The molecule has 27 heavy (non-hydrogen) atoms. The molecule has 3 rings (SSSR count). The normalized spacial score (nSPS) is 10.7. The van der Waals surface area contributed by atoms with E-state index >= 15 is 0 Å². The predicted octanol–water partition coefficient (Wildman–Crippen LogP) is 3.11. The first-order chi connectivity index (χ1) is 12.7.